The van der Waals surface area contributed by atoms with Crippen LogP contribution in [-0.2, 0) is 9.53 Å². The Morgan fingerprint density at radius 1 is 1.24 bits per heavy atom. The van der Waals surface area contributed by atoms with Crippen LogP contribution < -0.4 is 10.9 Å². The van der Waals surface area contributed by atoms with E-state index in [1.54, 1.807) is 24.3 Å². The van der Waals surface area contributed by atoms with Crippen molar-refractivity contribution in [2.45, 2.75) is 13.0 Å². The van der Waals surface area contributed by atoms with Crippen LogP contribution in [0, 0.1) is 0 Å². The summed E-state index contributed by atoms with van der Waals surface area (Å²) in [7, 11) is 0. The zero-order valence-electron chi connectivity index (χ0n) is 13.3. The maximum absolute atomic E-state index is 12.2. The minimum Gasteiger partial charge on any atom is -0.451 e. The van der Waals surface area contributed by atoms with Crippen molar-refractivity contribution in [3.05, 3.63) is 62.7 Å². The van der Waals surface area contributed by atoms with Crippen LogP contribution in [0.15, 0.2) is 46.6 Å². The maximum atomic E-state index is 12.2. The number of ether oxygens (including phenoxy) is 1. The molecule has 2 N–H and O–H groups in total. The van der Waals surface area contributed by atoms with E-state index in [0.717, 1.165) is 4.88 Å². The standard InChI is InChI=1S/C17H15N3O4S/c1-10(13-7-4-8-25-13)18-14(21)9-24-17(23)15-11-5-2-3-6-12(11)16(22)20-19-15/h2-8,10H,9H2,1H3,(H,18,21)(H,20,22)/t10-/m1/s1. The quantitative estimate of drug-likeness (QED) is 0.680. The van der Waals surface area contributed by atoms with Gasteiger partial charge < -0.3 is 10.1 Å². The Kier molecular flexibility index (Phi) is 4.90. The van der Waals surface area contributed by atoms with Crippen LogP contribution in [0.3, 0.4) is 0 Å². The molecule has 25 heavy (non-hydrogen) atoms. The SMILES string of the molecule is C[C@@H](NC(=O)COC(=O)c1n[nH]c(=O)c2ccccc12)c1cccs1. The lowest BCUT2D eigenvalue weighted by Gasteiger charge is -2.12. The molecule has 0 bridgehead atoms. The van der Waals surface area contributed by atoms with Crippen molar-refractivity contribution in [3.63, 3.8) is 0 Å². The van der Waals surface area contributed by atoms with Gasteiger partial charge in [0.25, 0.3) is 11.5 Å². The van der Waals surface area contributed by atoms with Crippen LogP contribution in [0.25, 0.3) is 10.8 Å². The van der Waals surface area contributed by atoms with Crippen molar-refractivity contribution in [3.8, 4) is 0 Å². The molecule has 0 radical (unpaired) electrons. The second kappa shape index (κ2) is 7.27. The summed E-state index contributed by atoms with van der Waals surface area (Å²) in [6.45, 7) is 1.42. The molecule has 7 nitrogen and oxygen atoms in total. The number of H-pyrrole nitrogens is 1. The third-order valence-corrected chi connectivity index (χ3v) is 4.63. The molecule has 0 fully saturated rings. The van der Waals surface area contributed by atoms with Gasteiger partial charge in [-0.1, -0.05) is 24.3 Å². The smallest absolute Gasteiger partial charge is 0.359 e. The van der Waals surface area contributed by atoms with Gasteiger partial charge >= 0.3 is 5.97 Å². The average Bonchev–Trinajstić information content (AvgIpc) is 3.15. The molecule has 0 aliphatic rings. The summed E-state index contributed by atoms with van der Waals surface area (Å²) >= 11 is 1.53. The molecule has 1 atom stereocenters. The lowest BCUT2D eigenvalue weighted by molar-refractivity contribution is -0.124. The first kappa shape index (κ1) is 16.8. The highest BCUT2D eigenvalue weighted by atomic mass is 32.1. The van der Waals surface area contributed by atoms with Gasteiger partial charge in [0.1, 0.15) is 0 Å². The molecule has 8 heteroatoms. The van der Waals surface area contributed by atoms with E-state index in [4.69, 9.17) is 4.74 Å². The molecule has 128 valence electrons. The lowest BCUT2D eigenvalue weighted by atomic mass is 10.1. The van der Waals surface area contributed by atoms with E-state index >= 15 is 0 Å². The number of thiophene rings is 1. The van der Waals surface area contributed by atoms with E-state index in [9.17, 15) is 14.4 Å². The predicted molar refractivity (Wildman–Crippen MR) is 93.5 cm³/mol. The number of aromatic nitrogens is 2. The van der Waals surface area contributed by atoms with Gasteiger partial charge in [0.15, 0.2) is 12.3 Å². The number of nitrogens with one attached hydrogen (secondary N) is 2. The number of benzene rings is 1. The Bertz CT molecular complexity index is 965. The maximum Gasteiger partial charge on any atom is 0.359 e. The van der Waals surface area contributed by atoms with Gasteiger partial charge in [-0.25, -0.2) is 9.89 Å². The highest BCUT2D eigenvalue weighted by molar-refractivity contribution is 7.10. The van der Waals surface area contributed by atoms with Gasteiger partial charge in [0.2, 0.25) is 0 Å². The van der Waals surface area contributed by atoms with Gasteiger partial charge in [-0.05, 0) is 24.4 Å². The monoisotopic (exact) mass is 357 g/mol. The van der Waals surface area contributed by atoms with E-state index in [-0.39, 0.29) is 11.7 Å². The van der Waals surface area contributed by atoms with Crippen LogP contribution in [0.1, 0.15) is 28.3 Å². The van der Waals surface area contributed by atoms with Gasteiger partial charge in [0, 0.05) is 10.3 Å². The Balaban J connectivity index is 1.66. The summed E-state index contributed by atoms with van der Waals surface area (Å²) in [5, 5.41) is 11.4. The van der Waals surface area contributed by atoms with Crippen molar-refractivity contribution >= 4 is 34.0 Å². The molecule has 1 amide bonds. The number of carbonyl (C=O) groups excluding carboxylic acids is 2. The predicted octanol–water partition coefficient (Wildman–Crippen LogP) is 2.02. The zero-order chi connectivity index (χ0) is 17.8. The lowest BCUT2D eigenvalue weighted by Crippen LogP contribution is -2.31. The van der Waals surface area contributed by atoms with Crippen LogP contribution in [0.2, 0.25) is 0 Å². The minimum absolute atomic E-state index is 0.0331. The molecule has 2 heterocycles. The molecular weight excluding hydrogens is 342 g/mol. The average molecular weight is 357 g/mol. The van der Waals surface area contributed by atoms with Gasteiger partial charge in [0.05, 0.1) is 11.4 Å². The molecule has 0 aliphatic carbocycles. The molecule has 0 unspecified atom stereocenters. The third-order valence-electron chi connectivity index (χ3n) is 3.57. The second-order valence-corrected chi connectivity index (χ2v) is 6.31. The van der Waals surface area contributed by atoms with Crippen molar-refractivity contribution < 1.29 is 14.3 Å². The molecule has 3 rings (SSSR count). The van der Waals surface area contributed by atoms with Crippen LogP contribution in [0.4, 0.5) is 0 Å². The number of rotatable bonds is 5. The Morgan fingerprint density at radius 2 is 2.00 bits per heavy atom. The van der Waals surface area contributed by atoms with Crippen LogP contribution >= 0.6 is 11.3 Å². The molecule has 0 aliphatic heterocycles. The van der Waals surface area contributed by atoms with Gasteiger partial charge in [-0.3, -0.25) is 9.59 Å². The normalized spacial score (nSPS) is 11.9. The van der Waals surface area contributed by atoms with Gasteiger partial charge in [-0.15, -0.1) is 11.3 Å². The fourth-order valence-electron chi connectivity index (χ4n) is 2.36. The number of fused-ring (bicyclic) bond motifs is 1. The van der Waals surface area contributed by atoms with E-state index in [1.807, 2.05) is 24.4 Å². The van der Waals surface area contributed by atoms with Crippen molar-refractivity contribution in [2.75, 3.05) is 6.61 Å². The Labute approximate surface area is 146 Å². The topological polar surface area (TPSA) is 101 Å². The van der Waals surface area contributed by atoms with E-state index in [0.29, 0.717) is 10.8 Å². The van der Waals surface area contributed by atoms with Gasteiger partial charge in [-0.2, -0.15) is 5.10 Å². The molecule has 1 aromatic carbocycles. The summed E-state index contributed by atoms with van der Waals surface area (Å²) in [4.78, 5) is 36.9. The Hall–Kier alpha value is -3.00. The Morgan fingerprint density at radius 3 is 2.72 bits per heavy atom. The first-order valence-corrected chi connectivity index (χ1v) is 8.41. The highest BCUT2D eigenvalue weighted by Crippen LogP contribution is 2.18. The zero-order valence-corrected chi connectivity index (χ0v) is 14.1. The highest BCUT2D eigenvalue weighted by Gasteiger charge is 2.17. The number of carbonyl (C=O) groups is 2. The fraction of sp³-hybridized carbons (Fsp3) is 0.176. The van der Waals surface area contributed by atoms with E-state index in [2.05, 4.69) is 15.5 Å². The molecule has 2 aromatic heterocycles. The second-order valence-electron chi connectivity index (χ2n) is 5.33. The number of hydrogen-bond acceptors (Lipinski definition) is 6. The molecule has 3 aromatic rings. The molecular formula is C17H15N3O4S. The number of aromatic amines is 1. The first-order valence-electron chi connectivity index (χ1n) is 7.53. The van der Waals surface area contributed by atoms with Crippen molar-refractivity contribution in [1.29, 1.82) is 0 Å². The number of hydrogen-bond donors (Lipinski definition) is 2. The van der Waals surface area contributed by atoms with Crippen molar-refractivity contribution in [2.24, 2.45) is 0 Å². The van der Waals surface area contributed by atoms with Crippen molar-refractivity contribution in [1.82, 2.24) is 15.5 Å². The van der Waals surface area contributed by atoms with Crippen LogP contribution in [0.5, 0.6) is 0 Å². The van der Waals surface area contributed by atoms with E-state index < -0.39 is 24.0 Å². The fourth-order valence-corrected chi connectivity index (χ4v) is 3.10. The molecule has 0 saturated heterocycles. The minimum atomic E-state index is -0.772. The summed E-state index contributed by atoms with van der Waals surface area (Å²) in [5.74, 6) is -1.19. The first-order chi connectivity index (χ1) is 12.1. The van der Waals surface area contributed by atoms with E-state index in [1.165, 1.54) is 11.3 Å². The third kappa shape index (κ3) is 3.74. The summed E-state index contributed by atoms with van der Waals surface area (Å²) in [5.41, 5.74) is -0.427. The summed E-state index contributed by atoms with van der Waals surface area (Å²) in [6.07, 6.45) is 0. The number of esters is 1. The molecule has 0 saturated carbocycles. The molecule has 0 spiro atoms. The summed E-state index contributed by atoms with van der Waals surface area (Å²) in [6, 6.07) is 10.2. The number of amides is 1. The number of nitrogens with zero attached hydrogens (tertiary/aromatic N) is 1. The van der Waals surface area contributed by atoms with Crippen LogP contribution in [-0.4, -0.2) is 28.7 Å². The largest absolute Gasteiger partial charge is 0.451 e. The summed E-state index contributed by atoms with van der Waals surface area (Å²) < 4.78 is 5.02.